The molecule has 0 amide bonds. The SMILES string of the molecule is CCNC1CCC(CC)CC1N(C)CCc1ccccc1. The van der Waals surface area contributed by atoms with Crippen LogP contribution in [0.1, 0.15) is 45.1 Å². The Balaban J connectivity index is 1.91. The first-order chi connectivity index (χ1) is 10.2. The third-order valence-electron chi connectivity index (χ3n) is 5.13. The van der Waals surface area contributed by atoms with Gasteiger partial charge in [0, 0.05) is 18.6 Å². The van der Waals surface area contributed by atoms with Crippen molar-refractivity contribution in [3.8, 4) is 0 Å². The molecule has 2 nitrogen and oxygen atoms in total. The van der Waals surface area contributed by atoms with Gasteiger partial charge in [0.05, 0.1) is 0 Å². The molecule has 0 radical (unpaired) electrons. The van der Waals surface area contributed by atoms with E-state index in [9.17, 15) is 0 Å². The average Bonchev–Trinajstić information content (AvgIpc) is 2.54. The lowest BCUT2D eigenvalue weighted by Gasteiger charge is -2.41. The molecule has 0 aliphatic heterocycles. The van der Waals surface area contributed by atoms with Gasteiger partial charge in [0.25, 0.3) is 0 Å². The Hall–Kier alpha value is -0.860. The van der Waals surface area contributed by atoms with E-state index in [1.807, 2.05) is 0 Å². The van der Waals surface area contributed by atoms with Gasteiger partial charge in [0.1, 0.15) is 0 Å². The van der Waals surface area contributed by atoms with Crippen molar-refractivity contribution in [3.63, 3.8) is 0 Å². The van der Waals surface area contributed by atoms with Crippen molar-refractivity contribution in [1.29, 1.82) is 0 Å². The first-order valence-corrected chi connectivity index (χ1v) is 8.72. The Morgan fingerprint density at radius 3 is 2.57 bits per heavy atom. The van der Waals surface area contributed by atoms with Gasteiger partial charge in [-0.1, -0.05) is 50.6 Å². The van der Waals surface area contributed by atoms with E-state index in [1.54, 1.807) is 0 Å². The first-order valence-electron chi connectivity index (χ1n) is 8.72. The number of hydrogen-bond donors (Lipinski definition) is 1. The van der Waals surface area contributed by atoms with Crippen LogP contribution in [0.4, 0.5) is 0 Å². The standard InChI is InChI=1S/C19H32N2/c1-4-16-11-12-18(20-5-2)19(15-16)21(3)14-13-17-9-7-6-8-10-17/h6-10,16,18-20H,4-5,11-15H2,1-3H3. The minimum absolute atomic E-state index is 0.679. The summed E-state index contributed by atoms with van der Waals surface area (Å²) in [7, 11) is 2.32. The fourth-order valence-corrected chi connectivity index (χ4v) is 3.71. The topological polar surface area (TPSA) is 15.3 Å². The lowest BCUT2D eigenvalue weighted by Crippen LogP contribution is -2.52. The summed E-state index contributed by atoms with van der Waals surface area (Å²) in [6, 6.07) is 12.2. The smallest absolute Gasteiger partial charge is 0.0249 e. The number of nitrogens with zero attached hydrogens (tertiary/aromatic N) is 1. The van der Waals surface area contributed by atoms with Crippen LogP contribution in [0.3, 0.4) is 0 Å². The second-order valence-electron chi connectivity index (χ2n) is 6.54. The molecule has 3 unspecified atom stereocenters. The van der Waals surface area contributed by atoms with Crippen LogP contribution in [0.25, 0.3) is 0 Å². The lowest BCUT2D eigenvalue weighted by atomic mass is 9.80. The summed E-state index contributed by atoms with van der Waals surface area (Å²) in [5.41, 5.74) is 1.45. The fourth-order valence-electron chi connectivity index (χ4n) is 3.71. The summed E-state index contributed by atoms with van der Waals surface area (Å²) in [6.45, 7) is 6.82. The van der Waals surface area contributed by atoms with Crippen LogP contribution in [0.2, 0.25) is 0 Å². The zero-order valence-corrected chi connectivity index (χ0v) is 14.0. The molecule has 0 saturated heterocycles. The van der Waals surface area contributed by atoms with Gasteiger partial charge in [0.2, 0.25) is 0 Å². The molecule has 1 aromatic carbocycles. The number of rotatable bonds is 7. The molecule has 1 aliphatic rings. The van der Waals surface area contributed by atoms with Crippen molar-refractivity contribution in [3.05, 3.63) is 35.9 Å². The minimum Gasteiger partial charge on any atom is -0.313 e. The minimum atomic E-state index is 0.679. The molecule has 1 aromatic rings. The third-order valence-corrected chi connectivity index (χ3v) is 5.13. The Kier molecular flexibility index (Phi) is 6.72. The second kappa shape index (κ2) is 8.55. The predicted octanol–water partition coefficient (Wildman–Crippen LogP) is 3.72. The maximum atomic E-state index is 3.72. The number of benzene rings is 1. The molecule has 0 heterocycles. The summed E-state index contributed by atoms with van der Waals surface area (Å²) in [5, 5.41) is 3.72. The van der Waals surface area contributed by atoms with E-state index >= 15 is 0 Å². The lowest BCUT2D eigenvalue weighted by molar-refractivity contribution is 0.119. The Bertz CT molecular complexity index is 390. The molecule has 1 saturated carbocycles. The fraction of sp³-hybridized carbons (Fsp3) is 0.684. The summed E-state index contributed by atoms with van der Waals surface area (Å²) in [6.07, 6.45) is 6.59. The van der Waals surface area contributed by atoms with Crippen molar-refractivity contribution in [2.45, 2.75) is 58.0 Å². The molecule has 1 fully saturated rings. The summed E-state index contributed by atoms with van der Waals surface area (Å²) in [4.78, 5) is 2.60. The molecule has 0 spiro atoms. The number of likely N-dealkylation sites (N-methyl/N-ethyl adjacent to an activating group) is 2. The van der Waals surface area contributed by atoms with Crippen LogP contribution in [-0.4, -0.2) is 37.1 Å². The molecule has 2 rings (SSSR count). The van der Waals surface area contributed by atoms with Gasteiger partial charge in [-0.15, -0.1) is 0 Å². The Morgan fingerprint density at radius 2 is 1.90 bits per heavy atom. The Labute approximate surface area is 130 Å². The molecule has 0 bridgehead atoms. The van der Waals surface area contributed by atoms with Crippen molar-refractivity contribution in [1.82, 2.24) is 10.2 Å². The molecule has 21 heavy (non-hydrogen) atoms. The van der Waals surface area contributed by atoms with Gasteiger partial charge >= 0.3 is 0 Å². The highest BCUT2D eigenvalue weighted by Gasteiger charge is 2.31. The molecule has 2 heteroatoms. The number of hydrogen-bond acceptors (Lipinski definition) is 2. The highest BCUT2D eigenvalue weighted by atomic mass is 15.2. The van der Waals surface area contributed by atoms with E-state index in [2.05, 4.69) is 61.4 Å². The van der Waals surface area contributed by atoms with E-state index < -0.39 is 0 Å². The largest absolute Gasteiger partial charge is 0.313 e. The molecule has 1 aliphatic carbocycles. The van der Waals surface area contributed by atoms with Gasteiger partial charge in [-0.2, -0.15) is 0 Å². The normalized spacial score (nSPS) is 26.2. The maximum Gasteiger partial charge on any atom is 0.0249 e. The molecular weight excluding hydrogens is 256 g/mol. The summed E-state index contributed by atoms with van der Waals surface area (Å²) in [5.74, 6) is 0.920. The summed E-state index contributed by atoms with van der Waals surface area (Å²) < 4.78 is 0. The van der Waals surface area contributed by atoms with Gasteiger partial charge in [-0.3, -0.25) is 0 Å². The van der Waals surface area contributed by atoms with E-state index in [0.717, 1.165) is 25.4 Å². The highest BCUT2D eigenvalue weighted by Crippen LogP contribution is 2.29. The van der Waals surface area contributed by atoms with Crippen LogP contribution < -0.4 is 5.32 Å². The van der Waals surface area contributed by atoms with Crippen molar-refractivity contribution in [2.75, 3.05) is 20.1 Å². The Morgan fingerprint density at radius 1 is 1.14 bits per heavy atom. The van der Waals surface area contributed by atoms with Crippen molar-refractivity contribution >= 4 is 0 Å². The molecule has 3 atom stereocenters. The quantitative estimate of drug-likeness (QED) is 0.822. The van der Waals surface area contributed by atoms with Crippen LogP contribution in [-0.2, 0) is 6.42 Å². The van der Waals surface area contributed by atoms with Gasteiger partial charge in [-0.05, 0) is 50.8 Å². The molecular formula is C19H32N2. The van der Waals surface area contributed by atoms with Crippen molar-refractivity contribution in [2.24, 2.45) is 5.92 Å². The molecule has 118 valence electrons. The van der Waals surface area contributed by atoms with E-state index in [1.165, 1.54) is 31.2 Å². The summed E-state index contributed by atoms with van der Waals surface area (Å²) >= 11 is 0. The van der Waals surface area contributed by atoms with Crippen LogP contribution in [0.5, 0.6) is 0 Å². The van der Waals surface area contributed by atoms with Crippen molar-refractivity contribution < 1.29 is 0 Å². The van der Waals surface area contributed by atoms with Gasteiger partial charge in [0.15, 0.2) is 0 Å². The van der Waals surface area contributed by atoms with Crippen LogP contribution in [0, 0.1) is 5.92 Å². The molecule has 1 N–H and O–H groups in total. The van der Waals surface area contributed by atoms with Gasteiger partial charge < -0.3 is 10.2 Å². The monoisotopic (exact) mass is 288 g/mol. The highest BCUT2D eigenvalue weighted by molar-refractivity contribution is 5.14. The maximum absolute atomic E-state index is 3.72. The average molecular weight is 288 g/mol. The molecule has 0 aromatic heterocycles. The van der Waals surface area contributed by atoms with E-state index in [-0.39, 0.29) is 0 Å². The first kappa shape index (κ1) is 16.5. The zero-order valence-electron chi connectivity index (χ0n) is 14.0. The van der Waals surface area contributed by atoms with E-state index in [4.69, 9.17) is 0 Å². The third kappa shape index (κ3) is 4.82. The van der Waals surface area contributed by atoms with E-state index in [0.29, 0.717) is 12.1 Å². The zero-order chi connectivity index (χ0) is 15.1. The second-order valence-corrected chi connectivity index (χ2v) is 6.54. The predicted molar refractivity (Wildman–Crippen MR) is 91.7 cm³/mol. The van der Waals surface area contributed by atoms with Crippen LogP contribution >= 0.6 is 0 Å². The van der Waals surface area contributed by atoms with Gasteiger partial charge in [-0.25, -0.2) is 0 Å². The van der Waals surface area contributed by atoms with Crippen LogP contribution in [0.15, 0.2) is 30.3 Å². The number of nitrogens with one attached hydrogen (secondary N) is 1.